The maximum atomic E-state index is 13.2. The van der Waals surface area contributed by atoms with Crippen LogP contribution in [-0.2, 0) is 22.1 Å². The molecule has 154 valence electrons. The first-order chi connectivity index (χ1) is 13.8. The molecule has 0 bridgehead atoms. The average molecular weight is 404 g/mol. The van der Waals surface area contributed by atoms with Crippen molar-refractivity contribution < 1.29 is 22.7 Å². The van der Waals surface area contributed by atoms with Crippen molar-refractivity contribution >= 4 is 11.6 Å². The Labute approximate surface area is 167 Å². The Morgan fingerprint density at radius 1 is 1.21 bits per heavy atom. The normalized spacial score (nSPS) is 22.4. The highest BCUT2D eigenvalue weighted by molar-refractivity contribution is 5.82. The number of anilines is 1. The molecule has 29 heavy (non-hydrogen) atoms. The molecule has 4 nitrogen and oxygen atoms in total. The van der Waals surface area contributed by atoms with Crippen LogP contribution in [0, 0.1) is 5.92 Å². The number of nitrogens with zero attached hydrogens (tertiary/aromatic N) is 1. The Hall–Kier alpha value is -2.54. The molecular formula is C22H23F3N2O2. The van der Waals surface area contributed by atoms with E-state index in [0.29, 0.717) is 25.3 Å². The molecule has 1 amide bonds. The van der Waals surface area contributed by atoms with Gasteiger partial charge in [-0.15, -0.1) is 0 Å². The topological polar surface area (TPSA) is 41.6 Å². The predicted octanol–water partition coefficient (Wildman–Crippen LogP) is 3.96. The van der Waals surface area contributed by atoms with Gasteiger partial charge < -0.3 is 15.0 Å². The molecular weight excluding hydrogens is 381 g/mol. The minimum atomic E-state index is -4.41. The number of halogens is 3. The lowest BCUT2D eigenvalue weighted by Crippen LogP contribution is -2.56. The van der Waals surface area contributed by atoms with E-state index in [4.69, 9.17) is 4.74 Å². The summed E-state index contributed by atoms with van der Waals surface area (Å²) in [6.07, 6.45) is -4.15. The number of benzene rings is 2. The Morgan fingerprint density at radius 3 is 2.69 bits per heavy atom. The molecule has 3 atom stereocenters. The number of hydrogen-bond acceptors (Lipinski definition) is 3. The minimum Gasteiger partial charge on any atom is -0.377 e. The number of fused-ring (bicyclic) bond motifs is 3. The largest absolute Gasteiger partial charge is 0.416 e. The van der Waals surface area contributed by atoms with E-state index in [2.05, 4.69) is 5.32 Å². The summed E-state index contributed by atoms with van der Waals surface area (Å²) >= 11 is 0. The SMILES string of the molecule is CC(NC(=O)C1Cc2cc(C(F)(F)F)ccc2N2CCOCC12)c1ccccc1. The van der Waals surface area contributed by atoms with Crippen molar-refractivity contribution in [2.45, 2.75) is 31.6 Å². The average Bonchev–Trinajstić information content (AvgIpc) is 2.72. The summed E-state index contributed by atoms with van der Waals surface area (Å²) in [7, 11) is 0. The zero-order valence-electron chi connectivity index (χ0n) is 16.1. The van der Waals surface area contributed by atoms with E-state index in [0.717, 1.165) is 17.3 Å². The van der Waals surface area contributed by atoms with Crippen molar-refractivity contribution in [2.75, 3.05) is 24.7 Å². The Balaban J connectivity index is 1.61. The van der Waals surface area contributed by atoms with Crippen LogP contribution in [-0.4, -0.2) is 31.7 Å². The van der Waals surface area contributed by atoms with Crippen LogP contribution < -0.4 is 10.2 Å². The maximum Gasteiger partial charge on any atom is 0.416 e. The van der Waals surface area contributed by atoms with Gasteiger partial charge in [0.05, 0.1) is 36.8 Å². The molecule has 2 aliphatic heterocycles. The van der Waals surface area contributed by atoms with Gasteiger partial charge in [-0.25, -0.2) is 0 Å². The summed E-state index contributed by atoms with van der Waals surface area (Å²) in [5.74, 6) is -0.637. The first-order valence-electron chi connectivity index (χ1n) is 9.74. The number of rotatable bonds is 3. The third kappa shape index (κ3) is 3.96. The van der Waals surface area contributed by atoms with Crippen LogP contribution >= 0.6 is 0 Å². The molecule has 2 aromatic carbocycles. The van der Waals surface area contributed by atoms with E-state index in [-0.39, 0.29) is 24.4 Å². The van der Waals surface area contributed by atoms with Crippen molar-refractivity contribution in [2.24, 2.45) is 5.92 Å². The van der Waals surface area contributed by atoms with E-state index < -0.39 is 17.7 Å². The molecule has 7 heteroatoms. The summed E-state index contributed by atoms with van der Waals surface area (Å²) in [4.78, 5) is 15.1. The fraction of sp³-hybridized carbons (Fsp3) is 0.409. The number of ether oxygens (including phenoxy) is 1. The van der Waals surface area contributed by atoms with Crippen LogP contribution in [0.1, 0.15) is 29.7 Å². The molecule has 1 saturated heterocycles. The van der Waals surface area contributed by atoms with Crippen molar-refractivity contribution in [3.8, 4) is 0 Å². The lowest BCUT2D eigenvalue weighted by Gasteiger charge is -2.46. The van der Waals surface area contributed by atoms with Crippen molar-refractivity contribution in [1.82, 2.24) is 5.32 Å². The Morgan fingerprint density at radius 2 is 1.97 bits per heavy atom. The fourth-order valence-electron chi connectivity index (χ4n) is 4.25. The molecule has 0 radical (unpaired) electrons. The summed E-state index contributed by atoms with van der Waals surface area (Å²) in [5, 5.41) is 3.03. The Bertz CT molecular complexity index is 885. The van der Waals surface area contributed by atoms with Gasteiger partial charge in [-0.2, -0.15) is 13.2 Å². The minimum absolute atomic E-state index is 0.162. The molecule has 4 rings (SSSR count). The number of carbonyl (C=O) groups is 1. The molecule has 0 aliphatic carbocycles. The molecule has 0 spiro atoms. The predicted molar refractivity (Wildman–Crippen MR) is 104 cm³/mol. The van der Waals surface area contributed by atoms with Gasteiger partial charge in [0.2, 0.25) is 5.91 Å². The van der Waals surface area contributed by atoms with Crippen LogP contribution in [0.5, 0.6) is 0 Å². The summed E-state index contributed by atoms with van der Waals surface area (Å²) in [5.41, 5.74) is 1.63. The van der Waals surface area contributed by atoms with Gasteiger partial charge in [0.25, 0.3) is 0 Å². The van der Waals surface area contributed by atoms with E-state index in [9.17, 15) is 18.0 Å². The third-order valence-corrected chi connectivity index (χ3v) is 5.78. The van der Waals surface area contributed by atoms with Gasteiger partial charge in [0, 0.05) is 12.2 Å². The number of hydrogen-bond donors (Lipinski definition) is 1. The number of morpholine rings is 1. The lowest BCUT2D eigenvalue weighted by atomic mass is 9.83. The highest BCUT2D eigenvalue weighted by atomic mass is 19.4. The smallest absolute Gasteiger partial charge is 0.377 e. The molecule has 0 saturated carbocycles. The highest BCUT2D eigenvalue weighted by Crippen LogP contribution is 2.39. The summed E-state index contributed by atoms with van der Waals surface area (Å²) < 4.78 is 45.2. The van der Waals surface area contributed by atoms with E-state index in [1.54, 1.807) is 0 Å². The summed E-state index contributed by atoms with van der Waals surface area (Å²) in [6, 6.07) is 13.0. The van der Waals surface area contributed by atoms with Crippen LogP contribution in [0.15, 0.2) is 48.5 Å². The molecule has 2 heterocycles. The fourth-order valence-corrected chi connectivity index (χ4v) is 4.25. The van der Waals surface area contributed by atoms with Gasteiger partial charge in [0.1, 0.15) is 0 Å². The van der Waals surface area contributed by atoms with Crippen LogP contribution in [0.4, 0.5) is 18.9 Å². The second kappa shape index (κ2) is 7.71. The van der Waals surface area contributed by atoms with E-state index in [1.807, 2.05) is 42.2 Å². The van der Waals surface area contributed by atoms with Gasteiger partial charge in [-0.1, -0.05) is 30.3 Å². The molecule has 1 N–H and O–H groups in total. The van der Waals surface area contributed by atoms with Gasteiger partial charge in [0.15, 0.2) is 0 Å². The molecule has 1 fully saturated rings. The van der Waals surface area contributed by atoms with Crippen molar-refractivity contribution in [1.29, 1.82) is 0 Å². The van der Waals surface area contributed by atoms with Gasteiger partial charge >= 0.3 is 6.18 Å². The standard InChI is InChI=1S/C22H23F3N2O2/c1-14(15-5-3-2-4-6-15)26-21(28)18-12-16-11-17(22(23,24)25)7-8-19(16)27-9-10-29-13-20(18)27/h2-8,11,14,18,20H,9-10,12-13H2,1H3,(H,26,28). The number of nitrogens with one attached hydrogen (secondary N) is 1. The van der Waals surface area contributed by atoms with Crippen LogP contribution in [0.25, 0.3) is 0 Å². The first kappa shape index (κ1) is 19.8. The van der Waals surface area contributed by atoms with E-state index >= 15 is 0 Å². The first-order valence-corrected chi connectivity index (χ1v) is 9.74. The quantitative estimate of drug-likeness (QED) is 0.842. The lowest BCUT2D eigenvalue weighted by molar-refractivity contribution is -0.137. The van der Waals surface area contributed by atoms with Crippen molar-refractivity contribution in [3.63, 3.8) is 0 Å². The summed E-state index contributed by atoms with van der Waals surface area (Å²) in [6.45, 7) is 3.34. The number of amides is 1. The second-order valence-electron chi connectivity index (χ2n) is 7.63. The second-order valence-corrected chi connectivity index (χ2v) is 7.63. The third-order valence-electron chi connectivity index (χ3n) is 5.78. The van der Waals surface area contributed by atoms with Crippen LogP contribution in [0.2, 0.25) is 0 Å². The molecule has 3 unspecified atom stereocenters. The molecule has 2 aromatic rings. The number of alkyl halides is 3. The maximum absolute atomic E-state index is 13.2. The van der Waals surface area contributed by atoms with E-state index in [1.165, 1.54) is 12.1 Å². The molecule has 0 aromatic heterocycles. The highest BCUT2D eigenvalue weighted by Gasteiger charge is 2.41. The van der Waals surface area contributed by atoms with Crippen molar-refractivity contribution in [3.05, 3.63) is 65.2 Å². The molecule has 2 aliphatic rings. The number of carbonyl (C=O) groups excluding carboxylic acids is 1. The van der Waals surface area contributed by atoms with Crippen LogP contribution in [0.3, 0.4) is 0 Å². The van der Waals surface area contributed by atoms with Gasteiger partial charge in [-0.3, -0.25) is 4.79 Å². The monoisotopic (exact) mass is 404 g/mol. The Kier molecular flexibility index (Phi) is 5.25. The van der Waals surface area contributed by atoms with Gasteiger partial charge in [-0.05, 0) is 42.7 Å². The zero-order chi connectivity index (χ0) is 20.6. The zero-order valence-corrected chi connectivity index (χ0v) is 16.1.